The van der Waals surface area contributed by atoms with Crippen molar-refractivity contribution in [1.82, 2.24) is 9.97 Å². The number of benzene rings is 1. The van der Waals surface area contributed by atoms with E-state index in [9.17, 15) is 0 Å². The molecular formula is C11H11BrN2. The van der Waals surface area contributed by atoms with Crippen LogP contribution in [0.5, 0.6) is 0 Å². The Hall–Kier alpha value is -0.960. The fraction of sp³-hybridized carbons (Fsp3) is 0.273. The molecular weight excluding hydrogens is 240 g/mol. The van der Waals surface area contributed by atoms with E-state index in [0.717, 1.165) is 27.8 Å². The molecule has 0 N–H and O–H groups in total. The monoisotopic (exact) mass is 250 g/mol. The highest BCUT2D eigenvalue weighted by Crippen LogP contribution is 2.23. The van der Waals surface area contributed by atoms with Crippen LogP contribution in [-0.4, -0.2) is 9.97 Å². The van der Waals surface area contributed by atoms with Gasteiger partial charge in [-0.25, -0.2) is 9.97 Å². The van der Waals surface area contributed by atoms with Gasteiger partial charge in [-0.2, -0.15) is 0 Å². The van der Waals surface area contributed by atoms with Gasteiger partial charge in [0.25, 0.3) is 0 Å². The molecule has 0 aliphatic carbocycles. The molecule has 1 aromatic carbocycles. The Balaban J connectivity index is 2.83. The number of nitrogens with zero attached hydrogens (tertiary/aromatic N) is 2. The molecule has 0 fully saturated rings. The van der Waals surface area contributed by atoms with E-state index in [1.54, 1.807) is 0 Å². The third-order valence-corrected chi connectivity index (χ3v) is 2.85. The number of aryl methyl sites for hydroxylation is 2. The van der Waals surface area contributed by atoms with Crippen molar-refractivity contribution in [3.8, 4) is 0 Å². The number of fused-ring (bicyclic) bond motifs is 1. The maximum atomic E-state index is 4.51. The van der Waals surface area contributed by atoms with Gasteiger partial charge in [0.15, 0.2) is 0 Å². The molecule has 3 heteroatoms. The van der Waals surface area contributed by atoms with Crippen LogP contribution >= 0.6 is 15.9 Å². The van der Waals surface area contributed by atoms with Gasteiger partial charge in [0.05, 0.1) is 5.52 Å². The second-order valence-electron chi connectivity index (χ2n) is 3.26. The normalized spacial score (nSPS) is 10.8. The second kappa shape index (κ2) is 3.65. The van der Waals surface area contributed by atoms with Gasteiger partial charge in [0.2, 0.25) is 0 Å². The average Bonchev–Trinajstić information content (AvgIpc) is 2.19. The molecule has 0 atom stereocenters. The number of para-hydroxylation sites is 1. The maximum absolute atomic E-state index is 4.51. The molecule has 0 aliphatic rings. The number of hydrogen-bond acceptors (Lipinski definition) is 2. The minimum atomic E-state index is 0.864. The second-order valence-corrected chi connectivity index (χ2v) is 4.01. The predicted molar refractivity (Wildman–Crippen MR) is 61.4 cm³/mol. The minimum absolute atomic E-state index is 0.864. The summed E-state index contributed by atoms with van der Waals surface area (Å²) in [5.41, 5.74) is 2.24. The van der Waals surface area contributed by atoms with Crippen LogP contribution in [-0.2, 0) is 6.42 Å². The van der Waals surface area contributed by atoms with Crippen LogP contribution in [0.1, 0.15) is 18.3 Å². The summed E-state index contributed by atoms with van der Waals surface area (Å²) >= 11 is 3.47. The molecule has 0 spiro atoms. The van der Waals surface area contributed by atoms with Crippen molar-refractivity contribution in [2.75, 3.05) is 0 Å². The molecule has 1 aromatic heterocycles. The Morgan fingerprint density at radius 3 is 2.79 bits per heavy atom. The van der Waals surface area contributed by atoms with Crippen LogP contribution in [0.4, 0.5) is 0 Å². The fourth-order valence-corrected chi connectivity index (χ4v) is 1.98. The van der Waals surface area contributed by atoms with Crippen LogP contribution < -0.4 is 0 Å². The van der Waals surface area contributed by atoms with E-state index in [2.05, 4.69) is 45.8 Å². The van der Waals surface area contributed by atoms with Gasteiger partial charge in [-0.05, 0) is 28.4 Å². The molecule has 1 heterocycles. The molecule has 2 rings (SSSR count). The first-order valence-corrected chi connectivity index (χ1v) is 5.43. The molecule has 0 radical (unpaired) electrons. The molecule has 2 aromatic rings. The van der Waals surface area contributed by atoms with Gasteiger partial charge >= 0.3 is 0 Å². The summed E-state index contributed by atoms with van der Waals surface area (Å²) in [7, 11) is 0. The van der Waals surface area contributed by atoms with Gasteiger partial charge in [-0.15, -0.1) is 0 Å². The van der Waals surface area contributed by atoms with E-state index in [1.165, 1.54) is 5.56 Å². The Morgan fingerprint density at radius 1 is 1.29 bits per heavy atom. The molecule has 0 saturated heterocycles. The fourth-order valence-electron chi connectivity index (χ4n) is 1.46. The summed E-state index contributed by atoms with van der Waals surface area (Å²) in [6.45, 7) is 4.13. The van der Waals surface area contributed by atoms with Crippen molar-refractivity contribution in [2.45, 2.75) is 20.3 Å². The summed E-state index contributed by atoms with van der Waals surface area (Å²) in [4.78, 5) is 8.88. The van der Waals surface area contributed by atoms with Crippen LogP contribution in [0.25, 0.3) is 10.9 Å². The number of halogens is 1. The summed E-state index contributed by atoms with van der Waals surface area (Å²) in [5.74, 6) is 0.888. The Kier molecular flexibility index (Phi) is 2.50. The van der Waals surface area contributed by atoms with Gasteiger partial charge in [-0.1, -0.05) is 25.1 Å². The summed E-state index contributed by atoms with van der Waals surface area (Å²) in [6.07, 6.45) is 0.864. The third kappa shape index (κ3) is 1.52. The van der Waals surface area contributed by atoms with Crippen molar-refractivity contribution in [1.29, 1.82) is 0 Å². The van der Waals surface area contributed by atoms with Gasteiger partial charge < -0.3 is 0 Å². The lowest BCUT2D eigenvalue weighted by molar-refractivity contribution is 0.949. The van der Waals surface area contributed by atoms with E-state index in [1.807, 2.05) is 12.1 Å². The molecule has 2 nitrogen and oxygen atoms in total. The average molecular weight is 251 g/mol. The standard InChI is InChI=1S/C11H11BrN2/c1-3-9-13-10-7(2)5-4-6-8(10)11(12)14-9/h4-6H,3H2,1-2H3. The maximum Gasteiger partial charge on any atom is 0.130 e. The zero-order valence-corrected chi connectivity index (χ0v) is 9.80. The van der Waals surface area contributed by atoms with E-state index in [4.69, 9.17) is 0 Å². The molecule has 0 amide bonds. The van der Waals surface area contributed by atoms with E-state index in [0.29, 0.717) is 0 Å². The highest BCUT2D eigenvalue weighted by Gasteiger charge is 2.05. The van der Waals surface area contributed by atoms with Crippen LogP contribution in [0, 0.1) is 6.92 Å². The quantitative estimate of drug-likeness (QED) is 0.727. The van der Waals surface area contributed by atoms with Crippen molar-refractivity contribution in [3.63, 3.8) is 0 Å². The third-order valence-electron chi connectivity index (χ3n) is 2.24. The molecule has 72 valence electrons. The predicted octanol–water partition coefficient (Wildman–Crippen LogP) is 3.26. The molecule has 0 unspecified atom stereocenters. The van der Waals surface area contributed by atoms with E-state index >= 15 is 0 Å². The van der Waals surface area contributed by atoms with E-state index < -0.39 is 0 Å². The van der Waals surface area contributed by atoms with Gasteiger partial charge in [-0.3, -0.25) is 0 Å². The van der Waals surface area contributed by atoms with Crippen molar-refractivity contribution < 1.29 is 0 Å². The van der Waals surface area contributed by atoms with E-state index in [-0.39, 0.29) is 0 Å². The van der Waals surface area contributed by atoms with Crippen molar-refractivity contribution >= 4 is 26.8 Å². The SMILES string of the molecule is CCc1nc(Br)c2cccc(C)c2n1. The van der Waals surface area contributed by atoms with Gasteiger partial charge in [0, 0.05) is 11.8 Å². The first-order valence-electron chi connectivity index (χ1n) is 4.64. The van der Waals surface area contributed by atoms with Gasteiger partial charge in [0.1, 0.15) is 10.4 Å². The Labute approximate surface area is 91.5 Å². The highest BCUT2D eigenvalue weighted by atomic mass is 79.9. The highest BCUT2D eigenvalue weighted by molar-refractivity contribution is 9.10. The molecule has 14 heavy (non-hydrogen) atoms. The zero-order chi connectivity index (χ0) is 10.1. The first kappa shape index (κ1) is 9.59. The molecule has 0 aliphatic heterocycles. The Morgan fingerprint density at radius 2 is 2.07 bits per heavy atom. The molecule has 0 bridgehead atoms. The lowest BCUT2D eigenvalue weighted by Crippen LogP contribution is -1.95. The van der Waals surface area contributed by atoms with Crippen molar-refractivity contribution in [3.05, 3.63) is 34.2 Å². The smallest absolute Gasteiger partial charge is 0.130 e. The lowest BCUT2D eigenvalue weighted by atomic mass is 10.1. The number of aromatic nitrogens is 2. The largest absolute Gasteiger partial charge is 0.233 e. The summed E-state index contributed by atoms with van der Waals surface area (Å²) in [5, 5.41) is 1.09. The zero-order valence-electron chi connectivity index (χ0n) is 8.21. The lowest BCUT2D eigenvalue weighted by Gasteiger charge is -2.04. The number of hydrogen-bond donors (Lipinski definition) is 0. The van der Waals surface area contributed by atoms with Crippen LogP contribution in [0.2, 0.25) is 0 Å². The van der Waals surface area contributed by atoms with Crippen LogP contribution in [0.15, 0.2) is 22.8 Å². The van der Waals surface area contributed by atoms with Crippen LogP contribution in [0.3, 0.4) is 0 Å². The topological polar surface area (TPSA) is 25.8 Å². The van der Waals surface area contributed by atoms with Crippen molar-refractivity contribution in [2.24, 2.45) is 0 Å². The first-order chi connectivity index (χ1) is 6.72. The Bertz CT molecular complexity index is 480. The minimum Gasteiger partial charge on any atom is -0.233 e. The molecule has 0 saturated carbocycles. The summed E-state index contributed by atoms with van der Waals surface area (Å²) < 4.78 is 0.892. The number of rotatable bonds is 1. The summed E-state index contributed by atoms with van der Waals surface area (Å²) in [6, 6.07) is 6.13.